The molecule has 0 aromatic heterocycles. The summed E-state index contributed by atoms with van der Waals surface area (Å²) in [6.07, 6.45) is 0. The molecule has 2 amide bonds. The van der Waals surface area contributed by atoms with Gasteiger partial charge < -0.3 is 20.1 Å². The van der Waals surface area contributed by atoms with Crippen LogP contribution in [0.5, 0.6) is 11.5 Å². The summed E-state index contributed by atoms with van der Waals surface area (Å²) in [4.78, 5) is 24.0. The van der Waals surface area contributed by atoms with Crippen LogP contribution in [0.15, 0.2) is 54.6 Å². The van der Waals surface area contributed by atoms with Crippen LogP contribution < -0.4 is 20.1 Å². The number of alkyl halides is 2. The van der Waals surface area contributed by atoms with Gasteiger partial charge in [-0.3, -0.25) is 9.59 Å². The van der Waals surface area contributed by atoms with Crippen LogP contribution in [-0.4, -0.2) is 31.1 Å². The summed E-state index contributed by atoms with van der Waals surface area (Å²) < 4.78 is 34.5. The summed E-state index contributed by atoms with van der Waals surface area (Å²) in [5.74, 6) is -0.390. The third kappa shape index (κ3) is 6.93. The highest BCUT2D eigenvalue weighted by molar-refractivity contribution is 5.87. The van der Waals surface area contributed by atoms with Gasteiger partial charge in [0.2, 0.25) is 5.91 Å². The smallest absolute Gasteiger partial charge is 0.387 e. The zero-order valence-electron chi connectivity index (χ0n) is 14.7. The molecule has 2 aromatic rings. The highest BCUT2D eigenvalue weighted by atomic mass is 19.3. The summed E-state index contributed by atoms with van der Waals surface area (Å²) in [7, 11) is 0. The number of ether oxygens (including phenoxy) is 2. The molecule has 0 fully saturated rings. The third-order valence-electron chi connectivity index (χ3n) is 3.53. The monoisotopic (exact) mass is 378 g/mol. The van der Waals surface area contributed by atoms with E-state index in [4.69, 9.17) is 4.74 Å². The minimum absolute atomic E-state index is 0.0115. The van der Waals surface area contributed by atoms with Crippen LogP contribution in [-0.2, 0) is 16.1 Å². The van der Waals surface area contributed by atoms with Crippen molar-refractivity contribution < 1.29 is 27.8 Å². The van der Waals surface area contributed by atoms with E-state index >= 15 is 0 Å². The summed E-state index contributed by atoms with van der Waals surface area (Å²) >= 11 is 0. The molecule has 144 valence electrons. The third-order valence-corrected chi connectivity index (χ3v) is 3.53. The molecule has 2 aromatic carbocycles. The summed E-state index contributed by atoms with van der Waals surface area (Å²) in [5, 5.41) is 5.08. The van der Waals surface area contributed by atoms with Gasteiger partial charge in [-0.15, -0.1) is 0 Å². The molecule has 0 spiro atoms. The zero-order valence-corrected chi connectivity index (χ0v) is 14.7. The molecule has 8 heteroatoms. The highest BCUT2D eigenvalue weighted by Crippen LogP contribution is 2.19. The lowest BCUT2D eigenvalue weighted by Crippen LogP contribution is -2.46. The highest BCUT2D eigenvalue weighted by Gasteiger charge is 2.17. The molecule has 0 saturated carbocycles. The van der Waals surface area contributed by atoms with Gasteiger partial charge in [-0.25, -0.2) is 0 Å². The van der Waals surface area contributed by atoms with Crippen molar-refractivity contribution in [3.63, 3.8) is 0 Å². The Labute approximate surface area is 155 Å². The van der Waals surface area contributed by atoms with Crippen LogP contribution in [0.1, 0.15) is 12.5 Å². The van der Waals surface area contributed by atoms with E-state index in [1.807, 2.05) is 6.07 Å². The molecular formula is C19H20F2N2O4. The van der Waals surface area contributed by atoms with Crippen molar-refractivity contribution in [2.75, 3.05) is 6.61 Å². The molecule has 0 saturated heterocycles. The van der Waals surface area contributed by atoms with Gasteiger partial charge in [0, 0.05) is 12.1 Å². The lowest BCUT2D eigenvalue weighted by Gasteiger charge is -2.16. The number of amides is 2. The fraction of sp³-hybridized carbons (Fsp3) is 0.263. The average Bonchev–Trinajstić information content (AvgIpc) is 2.65. The Morgan fingerprint density at radius 1 is 1.04 bits per heavy atom. The fourth-order valence-corrected chi connectivity index (χ4v) is 2.21. The first-order valence-electron chi connectivity index (χ1n) is 8.23. The lowest BCUT2D eigenvalue weighted by molar-refractivity contribution is -0.129. The van der Waals surface area contributed by atoms with Crippen LogP contribution in [0.25, 0.3) is 0 Å². The predicted octanol–water partition coefficient (Wildman–Crippen LogP) is 2.49. The van der Waals surface area contributed by atoms with Gasteiger partial charge in [-0.1, -0.05) is 36.4 Å². The number of halogens is 2. The first-order valence-corrected chi connectivity index (χ1v) is 8.23. The summed E-state index contributed by atoms with van der Waals surface area (Å²) in [6.45, 7) is -1.68. The summed E-state index contributed by atoms with van der Waals surface area (Å²) in [6, 6.07) is 14.1. The lowest BCUT2D eigenvalue weighted by atomic mass is 10.2. The van der Waals surface area contributed by atoms with E-state index in [0.717, 1.165) is 0 Å². The van der Waals surface area contributed by atoms with E-state index < -0.39 is 24.5 Å². The Hall–Kier alpha value is -3.16. The van der Waals surface area contributed by atoms with Crippen molar-refractivity contribution in [3.05, 3.63) is 60.2 Å². The Kier molecular flexibility index (Phi) is 7.54. The SMILES string of the molecule is CC(NC(=O)COc1ccccc1)C(=O)NCc1ccccc1OC(F)F. The maximum atomic E-state index is 12.4. The van der Waals surface area contributed by atoms with Gasteiger partial charge in [0.15, 0.2) is 6.61 Å². The Balaban J connectivity index is 1.79. The number of benzene rings is 2. The van der Waals surface area contributed by atoms with Gasteiger partial charge >= 0.3 is 6.61 Å². The van der Waals surface area contributed by atoms with E-state index in [2.05, 4.69) is 15.4 Å². The number of hydrogen-bond acceptors (Lipinski definition) is 4. The van der Waals surface area contributed by atoms with Gasteiger partial charge in [-0.05, 0) is 25.1 Å². The van der Waals surface area contributed by atoms with Crippen LogP contribution in [0, 0.1) is 0 Å². The summed E-state index contributed by atoms with van der Waals surface area (Å²) in [5.41, 5.74) is 0.400. The van der Waals surface area contributed by atoms with Crippen molar-refractivity contribution in [2.45, 2.75) is 26.1 Å². The molecule has 1 unspecified atom stereocenters. The molecule has 2 N–H and O–H groups in total. The molecule has 27 heavy (non-hydrogen) atoms. The number of rotatable bonds is 9. The molecule has 2 rings (SSSR count). The molecule has 0 aliphatic carbocycles. The van der Waals surface area contributed by atoms with Crippen molar-refractivity contribution in [3.8, 4) is 11.5 Å². The number of hydrogen-bond donors (Lipinski definition) is 2. The van der Waals surface area contributed by atoms with E-state index in [1.165, 1.54) is 13.0 Å². The molecule has 0 aliphatic heterocycles. The van der Waals surface area contributed by atoms with Crippen LogP contribution in [0.4, 0.5) is 8.78 Å². The number of para-hydroxylation sites is 2. The van der Waals surface area contributed by atoms with E-state index in [0.29, 0.717) is 11.3 Å². The molecule has 0 heterocycles. The van der Waals surface area contributed by atoms with Crippen molar-refractivity contribution >= 4 is 11.8 Å². The number of carbonyl (C=O) groups is 2. The second-order valence-electron chi connectivity index (χ2n) is 5.59. The van der Waals surface area contributed by atoms with Crippen molar-refractivity contribution in [2.24, 2.45) is 0 Å². The number of carbonyl (C=O) groups excluding carboxylic acids is 2. The molecule has 0 aliphatic rings. The topological polar surface area (TPSA) is 76.7 Å². The van der Waals surface area contributed by atoms with Crippen molar-refractivity contribution in [1.82, 2.24) is 10.6 Å². The molecule has 6 nitrogen and oxygen atoms in total. The van der Waals surface area contributed by atoms with E-state index in [-0.39, 0.29) is 18.9 Å². The average molecular weight is 378 g/mol. The molecule has 0 bridgehead atoms. The normalized spacial score (nSPS) is 11.6. The van der Waals surface area contributed by atoms with Gasteiger partial charge in [-0.2, -0.15) is 8.78 Å². The second kappa shape index (κ2) is 10.1. The molecule has 1 atom stereocenters. The van der Waals surface area contributed by atoms with E-state index in [9.17, 15) is 18.4 Å². The van der Waals surface area contributed by atoms with Crippen molar-refractivity contribution in [1.29, 1.82) is 0 Å². The first kappa shape index (κ1) is 20.2. The minimum atomic E-state index is -2.95. The van der Waals surface area contributed by atoms with Crippen LogP contribution in [0.3, 0.4) is 0 Å². The Morgan fingerprint density at radius 2 is 1.70 bits per heavy atom. The maximum absolute atomic E-state index is 12.4. The zero-order chi connectivity index (χ0) is 19.6. The maximum Gasteiger partial charge on any atom is 0.387 e. The minimum Gasteiger partial charge on any atom is -0.484 e. The van der Waals surface area contributed by atoms with Crippen LogP contribution >= 0.6 is 0 Å². The standard InChI is InChI=1S/C19H20F2N2O4/c1-13(23-17(24)12-26-15-8-3-2-4-9-15)18(25)22-11-14-7-5-6-10-16(14)27-19(20)21/h2-10,13,19H,11-12H2,1H3,(H,22,25)(H,23,24). The fourth-order valence-electron chi connectivity index (χ4n) is 2.21. The Bertz CT molecular complexity index is 756. The predicted molar refractivity (Wildman–Crippen MR) is 94.5 cm³/mol. The van der Waals surface area contributed by atoms with Gasteiger partial charge in [0.25, 0.3) is 5.91 Å². The molecular weight excluding hydrogens is 358 g/mol. The van der Waals surface area contributed by atoms with E-state index in [1.54, 1.807) is 42.5 Å². The van der Waals surface area contributed by atoms with Gasteiger partial charge in [0.1, 0.15) is 17.5 Å². The largest absolute Gasteiger partial charge is 0.484 e. The first-order chi connectivity index (χ1) is 13.0. The molecule has 0 radical (unpaired) electrons. The van der Waals surface area contributed by atoms with Crippen LogP contribution in [0.2, 0.25) is 0 Å². The quantitative estimate of drug-likeness (QED) is 0.703. The second-order valence-corrected chi connectivity index (χ2v) is 5.59. The number of nitrogens with one attached hydrogen (secondary N) is 2. The van der Waals surface area contributed by atoms with Gasteiger partial charge in [0.05, 0.1) is 0 Å². The Morgan fingerprint density at radius 3 is 2.41 bits per heavy atom.